The Morgan fingerprint density at radius 2 is 1.08 bits per heavy atom. The highest BCUT2D eigenvalue weighted by Crippen LogP contribution is 2.40. The molecule has 0 atom stereocenters. The van der Waals surface area contributed by atoms with Crippen molar-refractivity contribution in [3.05, 3.63) is 120 Å². The quantitative estimate of drug-likeness (QED) is 0.508. The van der Waals surface area contributed by atoms with Crippen LogP contribution in [0.25, 0.3) is 0 Å². The van der Waals surface area contributed by atoms with E-state index < -0.39 is 11.4 Å². The van der Waals surface area contributed by atoms with Crippen molar-refractivity contribution in [3.8, 4) is 0 Å². The van der Waals surface area contributed by atoms with Crippen molar-refractivity contribution >= 4 is 5.97 Å². The molecule has 0 bridgehead atoms. The molecule has 0 aliphatic heterocycles. The van der Waals surface area contributed by atoms with Crippen LogP contribution in [0.5, 0.6) is 0 Å². The smallest absolute Gasteiger partial charge is 0.307 e. The summed E-state index contributed by atoms with van der Waals surface area (Å²) >= 11 is 0. The predicted molar refractivity (Wildman–Crippen MR) is 101 cm³/mol. The van der Waals surface area contributed by atoms with Crippen LogP contribution in [0.4, 0.5) is 0 Å². The first-order valence-electron chi connectivity index (χ1n) is 8.29. The lowest BCUT2D eigenvalue weighted by molar-refractivity contribution is -0.136. The average molecular weight is 328 g/mol. The van der Waals surface area contributed by atoms with Gasteiger partial charge in [-0.25, -0.2) is 0 Å². The van der Waals surface area contributed by atoms with Crippen molar-refractivity contribution in [1.82, 2.24) is 0 Å². The summed E-state index contributed by atoms with van der Waals surface area (Å²) < 4.78 is 0. The van der Waals surface area contributed by atoms with Gasteiger partial charge in [0.1, 0.15) is 0 Å². The summed E-state index contributed by atoms with van der Waals surface area (Å²) in [5.41, 5.74) is 2.79. The van der Waals surface area contributed by atoms with Gasteiger partial charge in [-0.3, -0.25) is 4.79 Å². The van der Waals surface area contributed by atoms with Crippen molar-refractivity contribution in [2.45, 2.75) is 11.8 Å². The average Bonchev–Trinajstić information content (AvgIpc) is 2.67. The third-order valence-corrected chi connectivity index (χ3v) is 4.35. The summed E-state index contributed by atoms with van der Waals surface area (Å²) in [6, 6.07) is 30.6. The molecule has 2 heteroatoms. The zero-order valence-electron chi connectivity index (χ0n) is 13.9. The highest BCUT2D eigenvalue weighted by molar-refractivity contribution is 5.69. The molecule has 0 heterocycles. The van der Waals surface area contributed by atoms with Crippen molar-refractivity contribution in [2.24, 2.45) is 0 Å². The van der Waals surface area contributed by atoms with E-state index in [0.717, 1.165) is 16.7 Å². The number of aliphatic carboxylic acids is 1. The number of allylic oxidation sites excluding steroid dienone is 1. The Balaban J connectivity index is 2.27. The Hall–Kier alpha value is -3.13. The molecule has 0 unspecified atom stereocenters. The number of carboxylic acids is 1. The van der Waals surface area contributed by atoms with Crippen LogP contribution in [0.3, 0.4) is 0 Å². The fourth-order valence-corrected chi connectivity index (χ4v) is 3.23. The van der Waals surface area contributed by atoms with E-state index in [1.54, 1.807) is 6.08 Å². The minimum absolute atomic E-state index is 0.00570. The van der Waals surface area contributed by atoms with Crippen LogP contribution in [-0.2, 0) is 10.2 Å². The normalized spacial score (nSPS) is 11.5. The lowest BCUT2D eigenvalue weighted by atomic mass is 9.69. The molecular formula is C23H20O2. The lowest BCUT2D eigenvalue weighted by Crippen LogP contribution is -2.27. The zero-order valence-corrected chi connectivity index (χ0v) is 13.9. The molecule has 0 aromatic heterocycles. The molecule has 1 N–H and O–H groups in total. The highest BCUT2D eigenvalue weighted by Gasteiger charge is 2.33. The maximum atomic E-state index is 11.0. The van der Waals surface area contributed by atoms with E-state index in [0.29, 0.717) is 0 Å². The molecule has 0 fully saturated rings. The van der Waals surface area contributed by atoms with Crippen LogP contribution >= 0.6 is 0 Å². The third-order valence-electron chi connectivity index (χ3n) is 4.35. The van der Waals surface area contributed by atoms with Gasteiger partial charge < -0.3 is 5.11 Å². The topological polar surface area (TPSA) is 37.3 Å². The molecule has 25 heavy (non-hydrogen) atoms. The minimum atomic E-state index is -0.834. The Morgan fingerprint density at radius 1 is 0.720 bits per heavy atom. The molecule has 3 rings (SSSR count). The van der Waals surface area contributed by atoms with Crippen LogP contribution in [0.2, 0.25) is 0 Å². The van der Waals surface area contributed by atoms with Crippen molar-refractivity contribution in [3.63, 3.8) is 0 Å². The summed E-state index contributed by atoms with van der Waals surface area (Å²) in [5.74, 6) is -0.834. The van der Waals surface area contributed by atoms with Gasteiger partial charge in [-0.05, 0) is 16.7 Å². The van der Waals surface area contributed by atoms with Crippen molar-refractivity contribution in [1.29, 1.82) is 0 Å². The van der Waals surface area contributed by atoms with E-state index in [-0.39, 0.29) is 6.42 Å². The van der Waals surface area contributed by atoms with Crippen LogP contribution in [0.15, 0.2) is 103 Å². The SMILES string of the molecule is O=C(O)C/C=C/C(c1ccccc1)(c1ccccc1)c1ccccc1. The van der Waals surface area contributed by atoms with Crippen LogP contribution in [0, 0.1) is 0 Å². The van der Waals surface area contributed by atoms with E-state index in [4.69, 9.17) is 5.11 Å². The largest absolute Gasteiger partial charge is 0.481 e. The van der Waals surface area contributed by atoms with Gasteiger partial charge in [0, 0.05) is 0 Å². The fraction of sp³-hybridized carbons (Fsp3) is 0.0870. The van der Waals surface area contributed by atoms with Gasteiger partial charge in [0.2, 0.25) is 0 Å². The van der Waals surface area contributed by atoms with Crippen molar-refractivity contribution < 1.29 is 9.90 Å². The summed E-state index contributed by atoms with van der Waals surface area (Å²) in [4.78, 5) is 11.0. The Morgan fingerprint density at radius 3 is 1.40 bits per heavy atom. The molecule has 2 nitrogen and oxygen atoms in total. The van der Waals surface area contributed by atoms with E-state index in [1.807, 2.05) is 60.7 Å². The molecule has 0 amide bonds. The second kappa shape index (κ2) is 7.63. The molecule has 3 aromatic carbocycles. The zero-order chi connectivity index (χ0) is 17.5. The van der Waals surface area contributed by atoms with Gasteiger partial charge in [0.05, 0.1) is 11.8 Å². The summed E-state index contributed by atoms with van der Waals surface area (Å²) in [7, 11) is 0. The monoisotopic (exact) mass is 328 g/mol. The molecule has 3 aromatic rings. The molecule has 124 valence electrons. The van der Waals surface area contributed by atoms with Gasteiger partial charge in [-0.1, -0.05) is 103 Å². The maximum absolute atomic E-state index is 11.0. The molecular weight excluding hydrogens is 308 g/mol. The first-order valence-corrected chi connectivity index (χ1v) is 8.29. The fourth-order valence-electron chi connectivity index (χ4n) is 3.23. The number of rotatable bonds is 6. The number of carbonyl (C=O) groups is 1. The molecule has 0 aliphatic carbocycles. The third kappa shape index (κ3) is 3.53. The number of hydrogen-bond donors (Lipinski definition) is 1. The molecule has 0 saturated heterocycles. The predicted octanol–water partition coefficient (Wildman–Crippen LogP) is 5.05. The van der Waals surface area contributed by atoms with Crippen LogP contribution in [-0.4, -0.2) is 11.1 Å². The van der Waals surface area contributed by atoms with Crippen LogP contribution < -0.4 is 0 Å². The molecule has 0 saturated carbocycles. The maximum Gasteiger partial charge on any atom is 0.307 e. The molecule has 0 aliphatic rings. The molecule has 0 radical (unpaired) electrons. The number of benzene rings is 3. The van der Waals surface area contributed by atoms with Gasteiger partial charge >= 0.3 is 5.97 Å². The van der Waals surface area contributed by atoms with Gasteiger partial charge in [-0.2, -0.15) is 0 Å². The number of hydrogen-bond acceptors (Lipinski definition) is 1. The van der Waals surface area contributed by atoms with Gasteiger partial charge in [0.15, 0.2) is 0 Å². The Labute approximate surface area is 148 Å². The Kier molecular flexibility index (Phi) is 5.10. The lowest BCUT2D eigenvalue weighted by Gasteiger charge is -2.33. The van der Waals surface area contributed by atoms with E-state index in [9.17, 15) is 4.79 Å². The standard InChI is InChI=1S/C23H20O2/c24-22(25)17-10-18-23(19-11-4-1-5-12-19,20-13-6-2-7-14-20)21-15-8-3-9-16-21/h1-16,18H,17H2,(H,24,25)/b18-10+. The van der Waals surface area contributed by atoms with Crippen LogP contribution in [0.1, 0.15) is 23.1 Å². The van der Waals surface area contributed by atoms with E-state index in [1.165, 1.54) is 0 Å². The summed E-state index contributed by atoms with van der Waals surface area (Å²) in [5, 5.41) is 9.07. The van der Waals surface area contributed by atoms with Crippen molar-refractivity contribution in [2.75, 3.05) is 0 Å². The first kappa shape index (κ1) is 16.7. The summed E-state index contributed by atoms with van der Waals surface area (Å²) in [6.45, 7) is 0. The second-order valence-electron chi connectivity index (χ2n) is 5.91. The van der Waals surface area contributed by atoms with E-state index >= 15 is 0 Å². The first-order chi connectivity index (χ1) is 12.2. The van der Waals surface area contributed by atoms with E-state index in [2.05, 4.69) is 36.4 Å². The second-order valence-corrected chi connectivity index (χ2v) is 5.91. The van der Waals surface area contributed by atoms with Gasteiger partial charge in [0.25, 0.3) is 0 Å². The van der Waals surface area contributed by atoms with Gasteiger partial charge in [-0.15, -0.1) is 0 Å². The Bertz CT molecular complexity index is 740. The molecule has 0 spiro atoms. The number of carboxylic acid groups (broad SMARTS) is 1. The highest BCUT2D eigenvalue weighted by atomic mass is 16.4. The summed E-state index contributed by atoms with van der Waals surface area (Å²) in [6.07, 6.45) is 3.75. The minimum Gasteiger partial charge on any atom is -0.481 e.